The van der Waals surface area contributed by atoms with E-state index in [0.717, 1.165) is 5.56 Å². The van der Waals surface area contributed by atoms with Crippen molar-refractivity contribution >= 4 is 11.9 Å². The SMILES string of the molecule is CC(NC(=O)c1cnn(Cc2ccccc2)c1)C(C)C(=O)O. The van der Waals surface area contributed by atoms with Gasteiger partial charge in [-0.2, -0.15) is 5.10 Å². The predicted octanol–water partition coefficient (Wildman–Crippen LogP) is 1.77. The minimum absolute atomic E-state index is 0.320. The van der Waals surface area contributed by atoms with Crippen LogP contribution in [-0.4, -0.2) is 32.8 Å². The standard InChI is InChI=1S/C16H19N3O3/c1-11(16(21)22)12(2)18-15(20)14-8-17-19(10-14)9-13-6-4-3-5-7-13/h3-8,10-12H,9H2,1-2H3,(H,18,20)(H,21,22). The number of nitrogens with zero attached hydrogens (tertiary/aromatic N) is 2. The van der Waals surface area contributed by atoms with Gasteiger partial charge in [-0.3, -0.25) is 14.3 Å². The maximum Gasteiger partial charge on any atom is 0.308 e. The zero-order valence-corrected chi connectivity index (χ0v) is 12.6. The van der Waals surface area contributed by atoms with Crippen molar-refractivity contribution in [2.24, 2.45) is 5.92 Å². The lowest BCUT2D eigenvalue weighted by Gasteiger charge is -2.17. The topological polar surface area (TPSA) is 84.2 Å². The summed E-state index contributed by atoms with van der Waals surface area (Å²) in [5.74, 6) is -1.91. The van der Waals surface area contributed by atoms with E-state index in [2.05, 4.69) is 10.4 Å². The molecule has 1 aromatic carbocycles. The quantitative estimate of drug-likeness (QED) is 0.851. The molecule has 2 rings (SSSR count). The van der Waals surface area contributed by atoms with Gasteiger partial charge in [-0.1, -0.05) is 30.3 Å². The van der Waals surface area contributed by atoms with Crippen LogP contribution in [0.3, 0.4) is 0 Å². The number of aliphatic carboxylic acids is 1. The number of carbonyl (C=O) groups is 2. The molecule has 0 spiro atoms. The molecule has 0 aliphatic heterocycles. The van der Waals surface area contributed by atoms with Crippen LogP contribution in [0.5, 0.6) is 0 Å². The van der Waals surface area contributed by atoms with Crippen molar-refractivity contribution in [3.05, 3.63) is 53.9 Å². The highest BCUT2D eigenvalue weighted by Crippen LogP contribution is 2.07. The van der Waals surface area contributed by atoms with Crippen LogP contribution in [0.4, 0.5) is 0 Å². The Kier molecular flexibility index (Phi) is 4.93. The van der Waals surface area contributed by atoms with E-state index in [-0.39, 0.29) is 5.91 Å². The van der Waals surface area contributed by atoms with Gasteiger partial charge in [-0.05, 0) is 19.4 Å². The monoisotopic (exact) mass is 301 g/mol. The Hall–Kier alpha value is -2.63. The largest absolute Gasteiger partial charge is 0.481 e. The molecule has 0 saturated carbocycles. The van der Waals surface area contributed by atoms with Crippen molar-refractivity contribution in [2.45, 2.75) is 26.4 Å². The van der Waals surface area contributed by atoms with Crippen LogP contribution < -0.4 is 5.32 Å². The van der Waals surface area contributed by atoms with Gasteiger partial charge in [-0.25, -0.2) is 0 Å². The fourth-order valence-electron chi connectivity index (χ4n) is 1.97. The number of carboxylic acids is 1. The van der Waals surface area contributed by atoms with Crippen LogP contribution in [0.2, 0.25) is 0 Å². The number of hydrogen-bond acceptors (Lipinski definition) is 3. The summed E-state index contributed by atoms with van der Waals surface area (Å²) in [6, 6.07) is 9.34. The van der Waals surface area contributed by atoms with Gasteiger partial charge < -0.3 is 10.4 Å². The number of carboxylic acid groups (broad SMARTS) is 1. The van der Waals surface area contributed by atoms with Gasteiger partial charge in [0.1, 0.15) is 0 Å². The molecular weight excluding hydrogens is 282 g/mol. The molecule has 0 bridgehead atoms. The molecule has 6 nitrogen and oxygen atoms in total. The van der Waals surface area contributed by atoms with Gasteiger partial charge in [0.15, 0.2) is 0 Å². The summed E-state index contributed by atoms with van der Waals surface area (Å²) in [5, 5.41) is 15.8. The van der Waals surface area contributed by atoms with Gasteiger partial charge in [0, 0.05) is 12.2 Å². The number of nitrogens with one attached hydrogen (secondary N) is 1. The van der Waals surface area contributed by atoms with Crippen LogP contribution in [0, 0.1) is 5.92 Å². The molecule has 2 atom stereocenters. The Balaban J connectivity index is 1.99. The third-order valence-electron chi connectivity index (χ3n) is 3.58. The first kappa shape index (κ1) is 15.8. The van der Waals surface area contributed by atoms with Crippen molar-refractivity contribution in [2.75, 3.05) is 0 Å². The van der Waals surface area contributed by atoms with Gasteiger partial charge >= 0.3 is 5.97 Å². The lowest BCUT2D eigenvalue weighted by Crippen LogP contribution is -2.39. The minimum Gasteiger partial charge on any atom is -0.481 e. The van der Waals surface area contributed by atoms with Crippen LogP contribution in [-0.2, 0) is 11.3 Å². The van der Waals surface area contributed by atoms with E-state index in [9.17, 15) is 9.59 Å². The minimum atomic E-state index is -0.937. The molecule has 0 fully saturated rings. The summed E-state index contributed by atoms with van der Waals surface area (Å²) in [5.41, 5.74) is 1.51. The highest BCUT2D eigenvalue weighted by molar-refractivity contribution is 5.94. The summed E-state index contributed by atoms with van der Waals surface area (Å²) in [6.07, 6.45) is 3.14. The molecule has 0 aliphatic carbocycles. The molecule has 1 amide bonds. The molecule has 2 unspecified atom stereocenters. The zero-order valence-electron chi connectivity index (χ0n) is 12.6. The second-order valence-electron chi connectivity index (χ2n) is 5.30. The fraction of sp³-hybridized carbons (Fsp3) is 0.312. The van der Waals surface area contributed by atoms with E-state index in [1.807, 2.05) is 30.3 Å². The van der Waals surface area contributed by atoms with E-state index in [0.29, 0.717) is 12.1 Å². The maximum absolute atomic E-state index is 12.1. The third kappa shape index (κ3) is 3.94. The summed E-state index contributed by atoms with van der Waals surface area (Å²) in [4.78, 5) is 23.0. The Morgan fingerprint density at radius 3 is 2.59 bits per heavy atom. The summed E-state index contributed by atoms with van der Waals surface area (Å²) in [7, 11) is 0. The average Bonchev–Trinajstić information content (AvgIpc) is 2.96. The van der Waals surface area contributed by atoms with Crippen LogP contribution in [0.25, 0.3) is 0 Å². The lowest BCUT2D eigenvalue weighted by molar-refractivity contribution is -0.141. The van der Waals surface area contributed by atoms with Gasteiger partial charge in [0.05, 0.1) is 24.2 Å². The summed E-state index contributed by atoms with van der Waals surface area (Å²) < 4.78 is 1.68. The second kappa shape index (κ2) is 6.89. The highest BCUT2D eigenvalue weighted by Gasteiger charge is 2.21. The van der Waals surface area contributed by atoms with Crippen molar-refractivity contribution in [1.82, 2.24) is 15.1 Å². The molecule has 6 heteroatoms. The van der Waals surface area contributed by atoms with Crippen molar-refractivity contribution < 1.29 is 14.7 Å². The van der Waals surface area contributed by atoms with Crippen molar-refractivity contribution in [3.8, 4) is 0 Å². The van der Waals surface area contributed by atoms with Gasteiger partial charge in [0.2, 0.25) is 0 Å². The normalized spacial score (nSPS) is 13.4. The smallest absolute Gasteiger partial charge is 0.308 e. The van der Waals surface area contributed by atoms with Crippen LogP contribution in [0.15, 0.2) is 42.7 Å². The molecule has 1 heterocycles. The number of carbonyl (C=O) groups excluding carboxylic acids is 1. The molecule has 0 aliphatic rings. The molecular formula is C16H19N3O3. The molecule has 116 valence electrons. The summed E-state index contributed by atoms with van der Waals surface area (Å²) in [6.45, 7) is 3.81. The Bertz CT molecular complexity index is 652. The number of rotatable bonds is 6. The highest BCUT2D eigenvalue weighted by atomic mass is 16.4. The number of benzene rings is 1. The van der Waals surface area contributed by atoms with Gasteiger partial charge in [0.25, 0.3) is 5.91 Å². The van der Waals surface area contributed by atoms with Crippen molar-refractivity contribution in [3.63, 3.8) is 0 Å². The predicted molar refractivity (Wildman–Crippen MR) is 81.5 cm³/mol. The van der Waals surface area contributed by atoms with Crippen molar-refractivity contribution in [1.29, 1.82) is 0 Å². The van der Waals surface area contributed by atoms with E-state index >= 15 is 0 Å². The fourth-order valence-corrected chi connectivity index (χ4v) is 1.97. The number of hydrogen-bond donors (Lipinski definition) is 2. The van der Waals surface area contributed by atoms with E-state index in [1.54, 1.807) is 24.7 Å². The van der Waals surface area contributed by atoms with Gasteiger partial charge in [-0.15, -0.1) is 0 Å². The first-order valence-electron chi connectivity index (χ1n) is 7.07. The second-order valence-corrected chi connectivity index (χ2v) is 5.30. The Labute approximate surface area is 128 Å². The van der Waals surface area contributed by atoms with Crippen LogP contribution >= 0.6 is 0 Å². The maximum atomic E-state index is 12.1. The number of amides is 1. The van der Waals surface area contributed by atoms with E-state index in [4.69, 9.17) is 5.11 Å². The summed E-state index contributed by atoms with van der Waals surface area (Å²) >= 11 is 0. The Morgan fingerprint density at radius 1 is 1.27 bits per heavy atom. The molecule has 0 radical (unpaired) electrons. The molecule has 2 aromatic rings. The molecule has 2 N–H and O–H groups in total. The molecule has 22 heavy (non-hydrogen) atoms. The van der Waals surface area contributed by atoms with Crippen LogP contribution in [0.1, 0.15) is 29.8 Å². The average molecular weight is 301 g/mol. The Morgan fingerprint density at radius 2 is 1.95 bits per heavy atom. The van der Waals surface area contributed by atoms with E-state index < -0.39 is 17.9 Å². The van der Waals surface area contributed by atoms with E-state index in [1.165, 1.54) is 6.20 Å². The third-order valence-corrected chi connectivity index (χ3v) is 3.58. The first-order chi connectivity index (χ1) is 10.5. The molecule has 1 aromatic heterocycles. The number of aromatic nitrogens is 2. The first-order valence-corrected chi connectivity index (χ1v) is 7.07. The lowest BCUT2D eigenvalue weighted by atomic mass is 10.0. The zero-order chi connectivity index (χ0) is 16.1. The molecule has 0 saturated heterocycles.